The Morgan fingerprint density at radius 2 is 1.58 bits per heavy atom. The molecule has 8 heteroatoms. The maximum atomic E-state index is 13.4. The largest absolute Gasteiger partial charge is 0.369 e. The molecule has 0 aliphatic carbocycles. The number of carbonyl (C=O) groups excluding carboxylic acids is 1. The van der Waals surface area contributed by atoms with E-state index in [4.69, 9.17) is 0 Å². The van der Waals surface area contributed by atoms with E-state index in [1.807, 2.05) is 35.2 Å². The van der Waals surface area contributed by atoms with Gasteiger partial charge in [-0.25, -0.2) is 8.42 Å². The van der Waals surface area contributed by atoms with Crippen LogP contribution in [0.4, 0.5) is 5.69 Å². The lowest BCUT2D eigenvalue weighted by atomic mass is 9.99. The number of aromatic nitrogens is 1. The number of piperazine rings is 1. The highest BCUT2D eigenvalue weighted by atomic mass is 32.2. The van der Waals surface area contributed by atoms with E-state index in [0.717, 1.165) is 31.6 Å². The Morgan fingerprint density at radius 3 is 2.19 bits per heavy atom. The van der Waals surface area contributed by atoms with Crippen LogP contribution in [0.1, 0.15) is 35.9 Å². The molecule has 0 atom stereocenters. The van der Waals surface area contributed by atoms with Crippen LogP contribution in [0.2, 0.25) is 0 Å². The van der Waals surface area contributed by atoms with Crippen molar-refractivity contribution in [3.8, 4) is 0 Å². The first-order chi connectivity index (χ1) is 14.8. The number of hydrogen-bond acceptors (Lipinski definition) is 4. The minimum atomic E-state index is -3.66. The summed E-state index contributed by atoms with van der Waals surface area (Å²) in [6, 6.07) is 11.6. The van der Waals surface area contributed by atoms with E-state index in [0.29, 0.717) is 43.5 Å². The molecule has 31 heavy (non-hydrogen) atoms. The maximum Gasteiger partial charge on any atom is 0.270 e. The Hall–Kier alpha value is -2.32. The van der Waals surface area contributed by atoms with E-state index in [1.54, 1.807) is 28.9 Å². The average Bonchev–Trinajstić information content (AvgIpc) is 3.10. The first-order valence-corrected chi connectivity index (χ1v) is 12.5. The summed E-state index contributed by atoms with van der Waals surface area (Å²) < 4.78 is 30.1. The van der Waals surface area contributed by atoms with Crippen LogP contribution in [-0.4, -0.2) is 67.4 Å². The Kier molecular flexibility index (Phi) is 6.12. The number of carbonyl (C=O) groups is 1. The van der Waals surface area contributed by atoms with Crippen LogP contribution in [0.5, 0.6) is 0 Å². The fraction of sp³-hybridized carbons (Fsp3) is 0.522. The van der Waals surface area contributed by atoms with Crippen molar-refractivity contribution in [2.24, 2.45) is 13.0 Å². The van der Waals surface area contributed by atoms with Gasteiger partial charge >= 0.3 is 0 Å². The lowest BCUT2D eigenvalue weighted by Gasteiger charge is -2.35. The lowest BCUT2D eigenvalue weighted by molar-refractivity contribution is 0.0687. The van der Waals surface area contributed by atoms with Gasteiger partial charge in [0.25, 0.3) is 5.91 Å². The van der Waals surface area contributed by atoms with Gasteiger partial charge in [-0.2, -0.15) is 4.31 Å². The molecule has 0 unspecified atom stereocenters. The molecule has 1 amide bonds. The molecular weight excluding hydrogens is 412 g/mol. The number of amides is 1. The van der Waals surface area contributed by atoms with Crippen molar-refractivity contribution < 1.29 is 13.2 Å². The standard InChI is InChI=1S/C23H32N4O3S/c1-18-9-11-26(12-10-18)23(28)21-17-22(19(2)24(21)3)31(29,30)27-15-13-25(14-16-27)20-7-5-4-6-8-20/h4-8,17-18H,9-16H2,1-3H3. The zero-order valence-corrected chi connectivity index (χ0v) is 19.4. The number of hydrogen-bond donors (Lipinski definition) is 0. The molecule has 1 aromatic heterocycles. The molecular formula is C23H32N4O3S. The van der Waals surface area contributed by atoms with Crippen LogP contribution in [0.3, 0.4) is 0 Å². The summed E-state index contributed by atoms with van der Waals surface area (Å²) in [6.45, 7) is 7.60. The number of nitrogens with zero attached hydrogens (tertiary/aromatic N) is 4. The fourth-order valence-electron chi connectivity index (χ4n) is 4.48. The molecule has 3 heterocycles. The minimum Gasteiger partial charge on any atom is -0.369 e. The monoisotopic (exact) mass is 444 g/mol. The molecule has 0 bridgehead atoms. The van der Waals surface area contributed by atoms with Gasteiger partial charge in [-0.3, -0.25) is 4.79 Å². The molecule has 2 aliphatic rings. The number of sulfonamides is 1. The van der Waals surface area contributed by atoms with E-state index in [2.05, 4.69) is 11.8 Å². The van der Waals surface area contributed by atoms with E-state index >= 15 is 0 Å². The third kappa shape index (κ3) is 4.23. The van der Waals surface area contributed by atoms with Crippen molar-refractivity contribution in [1.29, 1.82) is 0 Å². The summed E-state index contributed by atoms with van der Waals surface area (Å²) in [4.78, 5) is 17.4. The number of rotatable bonds is 4. The lowest BCUT2D eigenvalue weighted by Crippen LogP contribution is -2.48. The van der Waals surface area contributed by atoms with Gasteiger partial charge in [-0.15, -0.1) is 0 Å². The summed E-state index contributed by atoms with van der Waals surface area (Å²) in [5.74, 6) is 0.553. The van der Waals surface area contributed by atoms with Crippen LogP contribution < -0.4 is 4.90 Å². The second-order valence-corrected chi connectivity index (χ2v) is 10.6. The Balaban J connectivity index is 1.51. The summed E-state index contributed by atoms with van der Waals surface area (Å²) in [7, 11) is -1.88. The van der Waals surface area contributed by atoms with Crippen LogP contribution in [0.15, 0.2) is 41.3 Å². The first-order valence-electron chi connectivity index (χ1n) is 11.0. The number of benzene rings is 1. The van der Waals surface area contributed by atoms with Crippen molar-refractivity contribution in [1.82, 2.24) is 13.8 Å². The maximum absolute atomic E-state index is 13.4. The highest BCUT2D eigenvalue weighted by Gasteiger charge is 2.33. The SMILES string of the molecule is Cc1c(S(=O)(=O)N2CCN(c3ccccc3)CC2)cc(C(=O)N2CCC(C)CC2)n1C. The Morgan fingerprint density at radius 1 is 0.968 bits per heavy atom. The molecule has 2 saturated heterocycles. The molecule has 0 spiro atoms. The van der Waals surface area contributed by atoms with Gasteiger partial charge in [-0.05, 0) is 43.9 Å². The molecule has 0 saturated carbocycles. The number of para-hydroxylation sites is 1. The molecule has 0 radical (unpaired) electrons. The third-order valence-corrected chi connectivity index (χ3v) is 8.77. The molecule has 168 valence electrons. The normalized spacial score (nSPS) is 19.1. The van der Waals surface area contributed by atoms with Gasteiger partial charge in [0.15, 0.2) is 0 Å². The quantitative estimate of drug-likeness (QED) is 0.727. The Bertz CT molecular complexity index is 1030. The second kappa shape index (κ2) is 8.67. The second-order valence-electron chi connectivity index (χ2n) is 8.74. The molecule has 7 nitrogen and oxygen atoms in total. The van der Waals surface area contributed by atoms with Crippen LogP contribution >= 0.6 is 0 Å². The summed E-state index contributed by atoms with van der Waals surface area (Å²) >= 11 is 0. The van der Waals surface area contributed by atoms with Gasteiger partial charge in [-0.1, -0.05) is 25.1 Å². The predicted octanol–water partition coefficient (Wildman–Crippen LogP) is 2.72. The van der Waals surface area contributed by atoms with Crippen molar-refractivity contribution in [3.63, 3.8) is 0 Å². The van der Waals surface area contributed by atoms with E-state index in [1.165, 1.54) is 0 Å². The van der Waals surface area contributed by atoms with Crippen molar-refractivity contribution >= 4 is 21.6 Å². The van der Waals surface area contributed by atoms with Gasteiger partial charge in [0.2, 0.25) is 10.0 Å². The summed E-state index contributed by atoms with van der Waals surface area (Å²) in [5.41, 5.74) is 2.17. The molecule has 0 N–H and O–H groups in total. The van der Waals surface area contributed by atoms with Gasteiger partial charge in [0.1, 0.15) is 10.6 Å². The number of piperidine rings is 1. The molecule has 4 rings (SSSR count). The first kappa shape index (κ1) is 21.9. The number of likely N-dealkylation sites (tertiary alicyclic amines) is 1. The smallest absolute Gasteiger partial charge is 0.270 e. The average molecular weight is 445 g/mol. The third-order valence-electron chi connectivity index (χ3n) is 6.76. The zero-order chi connectivity index (χ0) is 22.2. The fourth-order valence-corrected chi connectivity index (χ4v) is 6.17. The predicted molar refractivity (Wildman–Crippen MR) is 122 cm³/mol. The van der Waals surface area contributed by atoms with Gasteiger partial charge in [0.05, 0.1) is 0 Å². The highest BCUT2D eigenvalue weighted by Crippen LogP contribution is 2.27. The summed E-state index contributed by atoms with van der Waals surface area (Å²) in [5, 5.41) is 0. The molecule has 2 fully saturated rings. The van der Waals surface area contributed by atoms with Crippen molar-refractivity contribution in [2.45, 2.75) is 31.6 Å². The van der Waals surface area contributed by atoms with Crippen molar-refractivity contribution in [2.75, 3.05) is 44.2 Å². The highest BCUT2D eigenvalue weighted by molar-refractivity contribution is 7.89. The minimum absolute atomic E-state index is 0.0761. The summed E-state index contributed by atoms with van der Waals surface area (Å²) in [6.07, 6.45) is 1.98. The van der Waals surface area contributed by atoms with Crippen molar-refractivity contribution in [3.05, 3.63) is 47.8 Å². The Labute approximate surface area is 185 Å². The van der Waals surface area contributed by atoms with Gasteiger partial charge in [0, 0.05) is 57.7 Å². The van der Waals surface area contributed by atoms with Crippen LogP contribution in [0.25, 0.3) is 0 Å². The number of anilines is 1. The van der Waals surface area contributed by atoms with Crippen LogP contribution in [0, 0.1) is 12.8 Å². The van der Waals surface area contributed by atoms with E-state index in [-0.39, 0.29) is 10.8 Å². The molecule has 2 aromatic rings. The van der Waals surface area contributed by atoms with Gasteiger partial charge < -0.3 is 14.4 Å². The molecule has 1 aromatic carbocycles. The van der Waals surface area contributed by atoms with Crippen LogP contribution in [-0.2, 0) is 17.1 Å². The topological polar surface area (TPSA) is 65.9 Å². The van der Waals surface area contributed by atoms with E-state index < -0.39 is 10.0 Å². The zero-order valence-electron chi connectivity index (χ0n) is 18.6. The molecule has 2 aliphatic heterocycles. The van der Waals surface area contributed by atoms with E-state index in [9.17, 15) is 13.2 Å².